The molecule has 5 heteroatoms. The van der Waals surface area contributed by atoms with E-state index in [-0.39, 0.29) is 0 Å². The summed E-state index contributed by atoms with van der Waals surface area (Å²) in [7, 11) is 0. The number of aromatic nitrogens is 1. The van der Waals surface area contributed by atoms with Crippen LogP contribution in [0.4, 0.5) is 17.1 Å². The van der Waals surface area contributed by atoms with Crippen LogP contribution in [0.5, 0.6) is 0 Å². The Bertz CT molecular complexity index is 2760. The summed E-state index contributed by atoms with van der Waals surface area (Å²) in [5.74, 6) is 0.576. The number of nitrogens with zero attached hydrogens (tertiary/aromatic N) is 2. The molecule has 7 aromatic carbocycles. The lowest BCUT2D eigenvalue weighted by molar-refractivity contribution is 0.620. The molecule has 10 aromatic rings. The summed E-state index contributed by atoms with van der Waals surface area (Å²) in [4.78, 5) is 7.08. The smallest absolute Gasteiger partial charge is 0.228 e. The van der Waals surface area contributed by atoms with Gasteiger partial charge in [-0.15, -0.1) is 0 Å². The first-order valence-corrected chi connectivity index (χ1v) is 16.0. The quantitative estimate of drug-likeness (QED) is 0.192. The third-order valence-corrected chi connectivity index (χ3v) is 9.12. The van der Waals surface area contributed by atoms with Crippen LogP contribution in [0, 0.1) is 0 Å². The number of oxazole rings is 1. The summed E-state index contributed by atoms with van der Waals surface area (Å²) in [6.45, 7) is 0. The number of fused-ring (bicyclic) bond motifs is 7. The maximum Gasteiger partial charge on any atom is 0.228 e. The predicted molar refractivity (Wildman–Crippen MR) is 194 cm³/mol. The van der Waals surface area contributed by atoms with Crippen LogP contribution >= 0.6 is 0 Å². The van der Waals surface area contributed by atoms with Gasteiger partial charge in [0.15, 0.2) is 5.58 Å². The molecular weight excluding hydrogens is 592 g/mol. The first-order chi connectivity index (χ1) is 23.8. The molecule has 3 aromatic heterocycles. The van der Waals surface area contributed by atoms with Crippen LogP contribution in [-0.2, 0) is 0 Å². The second-order valence-corrected chi connectivity index (χ2v) is 11.9. The average Bonchev–Trinajstić information content (AvgIpc) is 3.86. The molecule has 0 aliphatic heterocycles. The van der Waals surface area contributed by atoms with Crippen LogP contribution in [0.25, 0.3) is 77.6 Å². The molecule has 0 radical (unpaired) electrons. The number of rotatable bonds is 5. The van der Waals surface area contributed by atoms with Crippen molar-refractivity contribution >= 4 is 72.0 Å². The Balaban J connectivity index is 1.18. The number of furan rings is 2. The fraction of sp³-hybridized carbons (Fsp3) is 0. The minimum Gasteiger partial charge on any atom is -0.456 e. The maximum absolute atomic E-state index is 6.56. The molecular formula is C43H26N2O3. The molecule has 0 bridgehead atoms. The summed E-state index contributed by atoms with van der Waals surface area (Å²) in [6.07, 6.45) is 0. The fourth-order valence-electron chi connectivity index (χ4n) is 6.92. The van der Waals surface area contributed by atoms with Gasteiger partial charge >= 0.3 is 0 Å². The normalized spacial score (nSPS) is 11.8. The van der Waals surface area contributed by atoms with Crippen LogP contribution in [0.15, 0.2) is 171 Å². The second kappa shape index (κ2) is 10.5. The highest BCUT2D eigenvalue weighted by molar-refractivity contribution is 6.15. The Kier molecular flexibility index (Phi) is 5.81. The van der Waals surface area contributed by atoms with E-state index in [0.717, 1.165) is 83.2 Å². The van der Waals surface area contributed by atoms with E-state index in [1.807, 2.05) is 66.7 Å². The van der Waals surface area contributed by atoms with Crippen molar-refractivity contribution in [3.8, 4) is 22.6 Å². The van der Waals surface area contributed by atoms with E-state index in [0.29, 0.717) is 5.89 Å². The van der Waals surface area contributed by atoms with Gasteiger partial charge in [0.05, 0.1) is 11.1 Å². The van der Waals surface area contributed by atoms with Crippen LogP contribution in [0.3, 0.4) is 0 Å². The molecule has 10 rings (SSSR count). The number of hydrogen-bond donors (Lipinski definition) is 0. The lowest BCUT2D eigenvalue weighted by Crippen LogP contribution is -2.10. The van der Waals surface area contributed by atoms with Crippen molar-refractivity contribution in [3.05, 3.63) is 158 Å². The van der Waals surface area contributed by atoms with E-state index in [9.17, 15) is 0 Å². The van der Waals surface area contributed by atoms with Gasteiger partial charge in [-0.25, -0.2) is 4.98 Å². The van der Waals surface area contributed by atoms with Crippen LogP contribution in [0.1, 0.15) is 0 Å². The lowest BCUT2D eigenvalue weighted by Gasteiger charge is -2.26. The van der Waals surface area contributed by atoms with E-state index in [1.54, 1.807) is 0 Å². The Morgan fingerprint density at radius 1 is 0.417 bits per heavy atom. The largest absolute Gasteiger partial charge is 0.456 e. The lowest BCUT2D eigenvalue weighted by atomic mass is 10.0. The first-order valence-electron chi connectivity index (χ1n) is 16.0. The number of hydrogen-bond acceptors (Lipinski definition) is 5. The van der Waals surface area contributed by atoms with Crippen molar-refractivity contribution in [2.24, 2.45) is 0 Å². The Labute approximate surface area is 274 Å². The summed E-state index contributed by atoms with van der Waals surface area (Å²) in [5, 5.41) is 4.11. The molecule has 0 aliphatic carbocycles. The van der Waals surface area contributed by atoms with E-state index in [4.69, 9.17) is 18.2 Å². The van der Waals surface area contributed by atoms with Crippen LogP contribution in [0.2, 0.25) is 0 Å². The van der Waals surface area contributed by atoms with Gasteiger partial charge in [0, 0.05) is 39.2 Å². The van der Waals surface area contributed by atoms with E-state index in [2.05, 4.69) is 95.9 Å². The van der Waals surface area contributed by atoms with Gasteiger partial charge in [0.25, 0.3) is 0 Å². The molecule has 0 N–H and O–H groups in total. The Morgan fingerprint density at radius 3 is 1.92 bits per heavy atom. The number of benzene rings is 7. The molecule has 0 saturated heterocycles. The highest BCUT2D eigenvalue weighted by atomic mass is 16.4. The first kappa shape index (κ1) is 26.6. The molecule has 0 unspecified atom stereocenters. The minimum atomic E-state index is 0.576. The third kappa shape index (κ3) is 4.15. The maximum atomic E-state index is 6.56. The molecule has 0 spiro atoms. The molecule has 0 fully saturated rings. The van der Waals surface area contributed by atoms with E-state index >= 15 is 0 Å². The summed E-state index contributed by atoms with van der Waals surface area (Å²) >= 11 is 0. The average molecular weight is 619 g/mol. The standard InChI is InChI=1S/C43H26N2O3/c1-2-10-27(11-3-1)28-20-22-29(23-21-28)45(35-15-9-19-39-42(35)31-12-4-6-16-36(31)46-39)30-24-25-32-40(26-30)47-38-18-8-13-33(41(32)38)43-44-34-14-5-7-17-37(34)48-43/h1-26H. The zero-order valence-electron chi connectivity index (χ0n) is 25.6. The SMILES string of the molecule is c1ccc(-c2ccc(N(c3ccc4c(c3)oc3cccc(-c5nc6ccccc6o5)c34)c3cccc4oc5ccccc5c34)cc2)cc1. The summed E-state index contributed by atoms with van der Waals surface area (Å²) in [5.41, 5.74) is 11.1. The molecule has 48 heavy (non-hydrogen) atoms. The number of anilines is 3. The summed E-state index contributed by atoms with van der Waals surface area (Å²) < 4.78 is 19.1. The Morgan fingerprint density at radius 2 is 1.06 bits per heavy atom. The van der Waals surface area contributed by atoms with Gasteiger partial charge in [0.1, 0.15) is 27.8 Å². The molecule has 0 amide bonds. The monoisotopic (exact) mass is 618 g/mol. The third-order valence-electron chi connectivity index (χ3n) is 9.12. The minimum absolute atomic E-state index is 0.576. The molecule has 0 atom stereocenters. The van der Waals surface area contributed by atoms with Crippen molar-refractivity contribution in [3.63, 3.8) is 0 Å². The van der Waals surface area contributed by atoms with E-state index in [1.165, 1.54) is 5.56 Å². The van der Waals surface area contributed by atoms with Gasteiger partial charge in [-0.2, -0.15) is 0 Å². The molecule has 0 saturated carbocycles. The number of para-hydroxylation sites is 3. The van der Waals surface area contributed by atoms with Crippen molar-refractivity contribution in [2.75, 3.05) is 4.90 Å². The second-order valence-electron chi connectivity index (χ2n) is 11.9. The van der Waals surface area contributed by atoms with Gasteiger partial charge < -0.3 is 18.2 Å². The topological polar surface area (TPSA) is 55.6 Å². The molecule has 3 heterocycles. The highest BCUT2D eigenvalue weighted by Gasteiger charge is 2.22. The predicted octanol–water partition coefficient (Wildman–Crippen LogP) is 12.4. The highest BCUT2D eigenvalue weighted by Crippen LogP contribution is 2.45. The van der Waals surface area contributed by atoms with Crippen molar-refractivity contribution in [1.82, 2.24) is 4.98 Å². The zero-order chi connectivity index (χ0) is 31.6. The summed E-state index contributed by atoms with van der Waals surface area (Å²) in [6, 6.07) is 53.9. The molecule has 0 aliphatic rings. The van der Waals surface area contributed by atoms with Gasteiger partial charge in [-0.05, 0) is 77.9 Å². The van der Waals surface area contributed by atoms with Crippen molar-refractivity contribution < 1.29 is 13.3 Å². The zero-order valence-corrected chi connectivity index (χ0v) is 25.6. The van der Waals surface area contributed by atoms with Gasteiger partial charge in [-0.1, -0.05) is 84.9 Å². The van der Waals surface area contributed by atoms with Crippen LogP contribution < -0.4 is 4.90 Å². The molecule has 226 valence electrons. The van der Waals surface area contributed by atoms with Crippen LogP contribution in [-0.4, -0.2) is 4.98 Å². The Hall–Kier alpha value is -6.59. The molecule has 5 nitrogen and oxygen atoms in total. The fourth-order valence-corrected chi connectivity index (χ4v) is 6.92. The van der Waals surface area contributed by atoms with Crippen molar-refractivity contribution in [2.45, 2.75) is 0 Å². The van der Waals surface area contributed by atoms with Crippen molar-refractivity contribution in [1.29, 1.82) is 0 Å². The van der Waals surface area contributed by atoms with Gasteiger partial charge in [-0.3, -0.25) is 0 Å². The van der Waals surface area contributed by atoms with E-state index < -0.39 is 0 Å². The van der Waals surface area contributed by atoms with Gasteiger partial charge in [0.2, 0.25) is 5.89 Å².